The third-order valence-electron chi connectivity index (χ3n) is 2.37. The number of carboxylic acid groups (broad SMARTS) is 1. The van der Waals surface area contributed by atoms with Crippen molar-refractivity contribution in [3.63, 3.8) is 0 Å². The average molecular weight is 200 g/mol. The van der Waals surface area contributed by atoms with Crippen LogP contribution in [0.5, 0.6) is 0 Å². The Morgan fingerprint density at radius 1 is 1.50 bits per heavy atom. The van der Waals surface area contributed by atoms with Gasteiger partial charge >= 0.3 is 6.09 Å². The number of unbranched alkanes of at least 4 members (excludes halogenated alkanes) is 1. The van der Waals surface area contributed by atoms with Crippen molar-refractivity contribution in [3.8, 4) is 0 Å². The van der Waals surface area contributed by atoms with Gasteiger partial charge in [-0.25, -0.2) is 4.79 Å². The van der Waals surface area contributed by atoms with Crippen LogP contribution >= 0.6 is 0 Å². The quantitative estimate of drug-likeness (QED) is 0.726. The summed E-state index contributed by atoms with van der Waals surface area (Å²) < 4.78 is 0. The Labute approximate surface area is 83.3 Å². The molecule has 0 aliphatic carbocycles. The smallest absolute Gasteiger partial charge is 0.407 e. The van der Waals surface area contributed by atoms with Gasteiger partial charge in [-0.05, 0) is 6.42 Å². The monoisotopic (exact) mass is 200 g/mol. The summed E-state index contributed by atoms with van der Waals surface area (Å²) in [5, 5.41) is 8.67. The van der Waals surface area contributed by atoms with E-state index in [0.29, 0.717) is 13.1 Å². The van der Waals surface area contributed by atoms with Crippen LogP contribution in [-0.2, 0) is 4.79 Å². The van der Waals surface area contributed by atoms with Gasteiger partial charge in [-0.2, -0.15) is 0 Å². The van der Waals surface area contributed by atoms with E-state index in [1.807, 2.05) is 0 Å². The maximum absolute atomic E-state index is 11.4. The third-order valence-corrected chi connectivity index (χ3v) is 2.37. The van der Waals surface area contributed by atoms with Crippen LogP contribution in [0.2, 0.25) is 0 Å². The molecule has 14 heavy (non-hydrogen) atoms. The van der Waals surface area contributed by atoms with E-state index in [0.717, 1.165) is 24.3 Å². The first kappa shape index (κ1) is 10.8. The minimum Gasteiger partial charge on any atom is -0.465 e. The molecule has 2 amide bonds. The molecule has 0 aromatic heterocycles. The summed E-state index contributed by atoms with van der Waals surface area (Å²) in [7, 11) is 0. The van der Waals surface area contributed by atoms with Gasteiger partial charge in [0.2, 0.25) is 5.91 Å². The molecule has 1 aliphatic heterocycles. The molecule has 0 unspecified atom stereocenters. The molecule has 0 spiro atoms. The lowest BCUT2D eigenvalue weighted by Crippen LogP contribution is -2.52. The van der Waals surface area contributed by atoms with Crippen LogP contribution in [0.25, 0.3) is 0 Å². The summed E-state index contributed by atoms with van der Waals surface area (Å²) >= 11 is 0. The predicted octanol–water partition coefficient (Wildman–Crippen LogP) is 0.609. The van der Waals surface area contributed by atoms with Gasteiger partial charge in [-0.15, -0.1) is 0 Å². The Morgan fingerprint density at radius 3 is 2.71 bits per heavy atom. The lowest BCUT2D eigenvalue weighted by atomic mass is 10.2. The van der Waals surface area contributed by atoms with Crippen molar-refractivity contribution >= 4 is 12.0 Å². The summed E-state index contributed by atoms with van der Waals surface area (Å²) in [4.78, 5) is 24.9. The van der Waals surface area contributed by atoms with Crippen molar-refractivity contribution in [2.45, 2.75) is 19.8 Å². The van der Waals surface area contributed by atoms with E-state index in [9.17, 15) is 9.59 Å². The number of nitrogens with zero attached hydrogens (tertiary/aromatic N) is 2. The SMILES string of the molecule is CCCCN1CCN(C(=O)O)CC1=O. The number of rotatable bonds is 3. The molecule has 0 atom stereocenters. The fourth-order valence-corrected chi connectivity index (χ4v) is 1.46. The van der Waals surface area contributed by atoms with Crippen LogP contribution in [0.1, 0.15) is 19.8 Å². The van der Waals surface area contributed by atoms with Crippen LogP contribution in [0.4, 0.5) is 4.79 Å². The molecule has 1 N–H and O–H groups in total. The van der Waals surface area contributed by atoms with Crippen molar-refractivity contribution in [2.75, 3.05) is 26.2 Å². The van der Waals surface area contributed by atoms with Gasteiger partial charge in [0, 0.05) is 19.6 Å². The zero-order valence-electron chi connectivity index (χ0n) is 8.40. The van der Waals surface area contributed by atoms with Gasteiger partial charge in [0.15, 0.2) is 0 Å². The first-order valence-electron chi connectivity index (χ1n) is 4.90. The van der Waals surface area contributed by atoms with Crippen LogP contribution in [0.3, 0.4) is 0 Å². The second-order valence-electron chi connectivity index (χ2n) is 3.44. The maximum Gasteiger partial charge on any atom is 0.407 e. The zero-order chi connectivity index (χ0) is 10.6. The highest BCUT2D eigenvalue weighted by Gasteiger charge is 2.25. The topological polar surface area (TPSA) is 60.9 Å². The molecule has 80 valence electrons. The Kier molecular flexibility index (Phi) is 3.73. The molecule has 0 aromatic rings. The van der Waals surface area contributed by atoms with E-state index < -0.39 is 6.09 Å². The first-order chi connectivity index (χ1) is 6.65. The number of hydrogen-bond donors (Lipinski definition) is 1. The molecule has 0 saturated carbocycles. The molecule has 1 aliphatic rings. The molecule has 0 aromatic carbocycles. The largest absolute Gasteiger partial charge is 0.465 e. The highest BCUT2D eigenvalue weighted by Crippen LogP contribution is 2.04. The predicted molar refractivity (Wildman–Crippen MR) is 51.1 cm³/mol. The fraction of sp³-hybridized carbons (Fsp3) is 0.778. The van der Waals surface area contributed by atoms with Crippen molar-refractivity contribution in [2.24, 2.45) is 0 Å². The number of piperazine rings is 1. The van der Waals surface area contributed by atoms with E-state index in [-0.39, 0.29) is 12.5 Å². The lowest BCUT2D eigenvalue weighted by molar-refractivity contribution is -0.135. The lowest BCUT2D eigenvalue weighted by Gasteiger charge is -2.32. The van der Waals surface area contributed by atoms with E-state index in [4.69, 9.17) is 5.11 Å². The molecule has 0 bridgehead atoms. The van der Waals surface area contributed by atoms with Crippen molar-refractivity contribution in [3.05, 3.63) is 0 Å². The van der Waals surface area contributed by atoms with E-state index in [1.165, 1.54) is 0 Å². The first-order valence-corrected chi connectivity index (χ1v) is 4.90. The molecular weight excluding hydrogens is 184 g/mol. The van der Waals surface area contributed by atoms with Gasteiger partial charge < -0.3 is 10.0 Å². The zero-order valence-corrected chi connectivity index (χ0v) is 8.40. The van der Waals surface area contributed by atoms with Crippen LogP contribution in [0.15, 0.2) is 0 Å². The van der Waals surface area contributed by atoms with Crippen molar-refractivity contribution < 1.29 is 14.7 Å². The second kappa shape index (κ2) is 4.83. The van der Waals surface area contributed by atoms with Crippen LogP contribution in [0, 0.1) is 0 Å². The molecule has 1 saturated heterocycles. The average Bonchev–Trinajstić information content (AvgIpc) is 2.15. The van der Waals surface area contributed by atoms with Gasteiger partial charge in [0.25, 0.3) is 0 Å². The van der Waals surface area contributed by atoms with Crippen molar-refractivity contribution in [1.29, 1.82) is 0 Å². The van der Waals surface area contributed by atoms with E-state index in [2.05, 4.69) is 6.92 Å². The van der Waals surface area contributed by atoms with Crippen LogP contribution in [-0.4, -0.2) is 53.1 Å². The molecule has 1 heterocycles. The van der Waals surface area contributed by atoms with Gasteiger partial charge in [0.05, 0.1) is 0 Å². The summed E-state index contributed by atoms with van der Waals surface area (Å²) in [5.41, 5.74) is 0. The van der Waals surface area contributed by atoms with Gasteiger partial charge in [-0.1, -0.05) is 13.3 Å². The molecule has 0 radical (unpaired) electrons. The Bertz CT molecular complexity index is 230. The second-order valence-corrected chi connectivity index (χ2v) is 3.44. The molecular formula is C9H16N2O3. The maximum atomic E-state index is 11.4. The highest BCUT2D eigenvalue weighted by atomic mass is 16.4. The molecule has 1 rings (SSSR count). The summed E-state index contributed by atoms with van der Waals surface area (Å²) in [5.74, 6) is -0.0768. The number of carbonyl (C=O) groups is 2. The highest BCUT2D eigenvalue weighted by molar-refractivity contribution is 5.83. The number of amides is 2. The van der Waals surface area contributed by atoms with Crippen LogP contribution < -0.4 is 0 Å². The van der Waals surface area contributed by atoms with Gasteiger partial charge in [-0.3, -0.25) is 9.69 Å². The molecule has 1 fully saturated rings. The number of hydrogen-bond acceptors (Lipinski definition) is 2. The van der Waals surface area contributed by atoms with Gasteiger partial charge in [0.1, 0.15) is 6.54 Å². The minimum absolute atomic E-state index is 0.0129. The normalized spacial score (nSPS) is 17.4. The fourth-order valence-electron chi connectivity index (χ4n) is 1.46. The Hall–Kier alpha value is -1.26. The number of carbonyl (C=O) groups excluding carboxylic acids is 1. The van der Waals surface area contributed by atoms with Crippen molar-refractivity contribution in [1.82, 2.24) is 9.80 Å². The standard InChI is InChI=1S/C9H16N2O3/c1-2-3-4-10-5-6-11(9(13)14)7-8(10)12/h2-7H2,1H3,(H,13,14). The summed E-state index contributed by atoms with van der Waals surface area (Å²) in [6.07, 6.45) is 1.03. The van der Waals surface area contributed by atoms with E-state index >= 15 is 0 Å². The van der Waals surface area contributed by atoms with E-state index in [1.54, 1.807) is 4.90 Å². The molecule has 5 heteroatoms. The molecule has 5 nitrogen and oxygen atoms in total. The minimum atomic E-state index is -1.01. The Balaban J connectivity index is 2.40. The Morgan fingerprint density at radius 2 is 2.21 bits per heavy atom. The summed E-state index contributed by atoms with van der Waals surface area (Å²) in [6, 6.07) is 0. The third kappa shape index (κ3) is 2.61. The summed E-state index contributed by atoms with van der Waals surface area (Å²) in [6.45, 7) is 3.80.